The van der Waals surface area contributed by atoms with E-state index in [0.29, 0.717) is 17.2 Å². The Morgan fingerprint density at radius 2 is 1.52 bits per heavy atom. The molecule has 0 aliphatic rings. The van der Waals surface area contributed by atoms with Crippen LogP contribution in [0.15, 0.2) is 103 Å². The van der Waals surface area contributed by atoms with E-state index >= 15 is 0 Å². The molecule has 0 saturated carbocycles. The van der Waals surface area contributed by atoms with Crippen LogP contribution in [0.4, 0.5) is 24.5 Å². The van der Waals surface area contributed by atoms with Gasteiger partial charge in [-0.1, -0.05) is 49.4 Å². The fourth-order valence-electron chi connectivity index (χ4n) is 4.31. The minimum absolute atomic E-state index is 0.314. The average Bonchev–Trinajstić information content (AvgIpc) is 3.44. The van der Waals surface area contributed by atoms with Gasteiger partial charge in [0.05, 0.1) is 5.69 Å². The van der Waals surface area contributed by atoms with E-state index in [4.69, 9.17) is 0 Å². The number of hydrogen-bond acceptors (Lipinski definition) is 6. The summed E-state index contributed by atoms with van der Waals surface area (Å²) in [6, 6.07) is 28.6. The number of hydrogen-bond donors (Lipinski definition) is 3. The Morgan fingerprint density at radius 3 is 2.23 bits per heavy atom. The molecular formula is C30H26F3N5O2. The molecule has 1 aromatic heterocycles. The quantitative estimate of drug-likeness (QED) is 0.176. The number of alkyl halides is 3. The molecule has 0 radical (unpaired) electrons. The molecule has 3 N–H and O–H groups in total. The van der Waals surface area contributed by atoms with Gasteiger partial charge in [-0.05, 0) is 72.1 Å². The highest BCUT2D eigenvalue weighted by Gasteiger charge is 2.31. The van der Waals surface area contributed by atoms with E-state index < -0.39 is 12.7 Å². The van der Waals surface area contributed by atoms with Gasteiger partial charge in [0.25, 0.3) is 0 Å². The number of rotatable bonds is 9. The van der Waals surface area contributed by atoms with Crippen LogP contribution in [0.3, 0.4) is 0 Å². The summed E-state index contributed by atoms with van der Waals surface area (Å²) in [4.78, 5) is 4.30. The predicted molar refractivity (Wildman–Crippen MR) is 148 cm³/mol. The molecule has 0 bridgehead atoms. The molecular weight excluding hydrogens is 519 g/mol. The first-order chi connectivity index (χ1) is 19.3. The van der Waals surface area contributed by atoms with Crippen LogP contribution in [0.1, 0.15) is 12.5 Å². The molecule has 0 aliphatic heterocycles. The number of aryl methyl sites for hydroxylation is 1. The van der Waals surface area contributed by atoms with Gasteiger partial charge in [-0.15, -0.1) is 18.3 Å². The van der Waals surface area contributed by atoms with E-state index in [-0.39, 0.29) is 5.75 Å². The normalized spacial score (nSPS) is 12.1. The SMILES string of the molecule is CCc1ccccc1-c1ccccc1NC(O)Nc1ccc(-c2ncn(-c3ccc(OC(F)(F)F)cc3)n2)cc1. The maximum Gasteiger partial charge on any atom is 0.573 e. The van der Waals surface area contributed by atoms with Gasteiger partial charge in [0.2, 0.25) is 6.35 Å². The zero-order chi connectivity index (χ0) is 28.1. The topological polar surface area (TPSA) is 84.2 Å². The second-order valence-electron chi connectivity index (χ2n) is 8.88. The Morgan fingerprint density at radius 1 is 0.850 bits per heavy atom. The maximum atomic E-state index is 12.4. The van der Waals surface area contributed by atoms with Gasteiger partial charge in [0.15, 0.2) is 5.82 Å². The summed E-state index contributed by atoms with van der Waals surface area (Å²) in [7, 11) is 0. The Hall–Kier alpha value is -4.83. The number of anilines is 2. The van der Waals surface area contributed by atoms with Gasteiger partial charge in [0.1, 0.15) is 12.1 Å². The number of nitrogens with zero attached hydrogens (tertiary/aromatic N) is 3. The summed E-state index contributed by atoms with van der Waals surface area (Å²) < 4.78 is 42.5. The Balaban J connectivity index is 1.24. The van der Waals surface area contributed by atoms with E-state index in [1.807, 2.05) is 36.4 Å². The Kier molecular flexibility index (Phi) is 7.70. The van der Waals surface area contributed by atoms with Crippen LogP contribution in [-0.4, -0.2) is 32.6 Å². The van der Waals surface area contributed by atoms with Crippen molar-refractivity contribution in [2.45, 2.75) is 26.1 Å². The first-order valence-electron chi connectivity index (χ1n) is 12.6. The minimum Gasteiger partial charge on any atom is -0.406 e. The number of para-hydroxylation sites is 1. The van der Waals surface area contributed by atoms with E-state index in [1.165, 1.54) is 40.8 Å². The number of halogens is 3. The molecule has 1 atom stereocenters. The lowest BCUT2D eigenvalue weighted by Gasteiger charge is -2.20. The molecule has 0 saturated heterocycles. The lowest BCUT2D eigenvalue weighted by atomic mass is 9.97. The molecule has 10 heteroatoms. The van der Waals surface area contributed by atoms with E-state index in [1.54, 1.807) is 24.3 Å². The standard InChI is InChI=1S/C30H26F3N5O2/c1-2-20-7-3-4-8-25(20)26-9-5-6-10-27(26)36-29(39)35-22-13-11-21(12-14-22)28-34-19-38(37-28)23-15-17-24(18-16-23)40-30(31,32)33/h3-19,29,35-36,39H,2H2,1H3. The van der Waals surface area contributed by atoms with Crippen molar-refractivity contribution < 1.29 is 23.0 Å². The van der Waals surface area contributed by atoms with Crippen molar-refractivity contribution in [2.75, 3.05) is 10.6 Å². The molecule has 204 valence electrons. The van der Waals surface area contributed by atoms with Gasteiger partial charge in [-0.25, -0.2) is 9.67 Å². The molecule has 1 heterocycles. The van der Waals surface area contributed by atoms with Gasteiger partial charge >= 0.3 is 6.36 Å². The molecule has 4 aromatic carbocycles. The van der Waals surface area contributed by atoms with Crippen LogP contribution in [0.25, 0.3) is 28.2 Å². The highest BCUT2D eigenvalue weighted by atomic mass is 19.4. The number of nitrogens with one attached hydrogen (secondary N) is 2. The third-order valence-corrected chi connectivity index (χ3v) is 6.18. The average molecular weight is 546 g/mol. The lowest BCUT2D eigenvalue weighted by molar-refractivity contribution is -0.274. The molecule has 0 aliphatic carbocycles. The Labute approximate surface area is 228 Å². The van der Waals surface area contributed by atoms with Gasteiger partial charge < -0.3 is 20.5 Å². The summed E-state index contributed by atoms with van der Waals surface area (Å²) in [5.41, 5.74) is 6.07. The van der Waals surface area contributed by atoms with Crippen LogP contribution in [0.5, 0.6) is 5.75 Å². The third kappa shape index (κ3) is 6.41. The highest BCUT2D eigenvalue weighted by Crippen LogP contribution is 2.31. The molecule has 7 nitrogen and oxygen atoms in total. The van der Waals surface area contributed by atoms with Crippen molar-refractivity contribution in [1.29, 1.82) is 0 Å². The lowest BCUT2D eigenvalue weighted by Crippen LogP contribution is -2.28. The monoisotopic (exact) mass is 545 g/mol. The third-order valence-electron chi connectivity index (χ3n) is 6.18. The second kappa shape index (κ2) is 11.5. The zero-order valence-electron chi connectivity index (χ0n) is 21.4. The summed E-state index contributed by atoms with van der Waals surface area (Å²) in [6.07, 6.45) is -3.43. The summed E-state index contributed by atoms with van der Waals surface area (Å²) in [6.45, 7) is 2.11. The molecule has 0 spiro atoms. The molecule has 5 rings (SSSR count). The van der Waals surface area contributed by atoms with Crippen molar-refractivity contribution in [2.24, 2.45) is 0 Å². The van der Waals surface area contributed by atoms with E-state index in [0.717, 1.165) is 28.8 Å². The zero-order valence-corrected chi connectivity index (χ0v) is 21.4. The van der Waals surface area contributed by atoms with Crippen LogP contribution in [0, 0.1) is 0 Å². The number of benzene rings is 4. The van der Waals surface area contributed by atoms with Crippen molar-refractivity contribution in [3.63, 3.8) is 0 Å². The number of aliphatic hydroxyl groups is 1. The Bertz CT molecular complexity index is 1570. The van der Waals surface area contributed by atoms with E-state index in [2.05, 4.69) is 44.5 Å². The van der Waals surface area contributed by atoms with Crippen molar-refractivity contribution in [3.8, 4) is 34.0 Å². The van der Waals surface area contributed by atoms with Crippen molar-refractivity contribution in [3.05, 3.63) is 109 Å². The first kappa shape index (κ1) is 26.8. The maximum absolute atomic E-state index is 12.4. The smallest absolute Gasteiger partial charge is 0.406 e. The van der Waals surface area contributed by atoms with Crippen LogP contribution in [-0.2, 0) is 6.42 Å². The van der Waals surface area contributed by atoms with Crippen molar-refractivity contribution in [1.82, 2.24) is 14.8 Å². The molecule has 0 fully saturated rings. The van der Waals surface area contributed by atoms with Crippen LogP contribution >= 0.6 is 0 Å². The second-order valence-corrected chi connectivity index (χ2v) is 8.88. The van der Waals surface area contributed by atoms with Gasteiger partial charge in [-0.2, -0.15) is 0 Å². The summed E-state index contributed by atoms with van der Waals surface area (Å²) >= 11 is 0. The van der Waals surface area contributed by atoms with Gasteiger partial charge in [-0.3, -0.25) is 0 Å². The number of aromatic nitrogens is 3. The number of aliphatic hydroxyl groups excluding tert-OH is 1. The predicted octanol–water partition coefficient (Wildman–Crippen LogP) is 6.86. The van der Waals surface area contributed by atoms with E-state index in [9.17, 15) is 18.3 Å². The molecule has 40 heavy (non-hydrogen) atoms. The van der Waals surface area contributed by atoms with Crippen LogP contribution in [0.2, 0.25) is 0 Å². The molecule has 0 amide bonds. The minimum atomic E-state index is -4.75. The summed E-state index contributed by atoms with van der Waals surface area (Å²) in [5, 5.41) is 21.3. The van der Waals surface area contributed by atoms with Crippen molar-refractivity contribution >= 4 is 11.4 Å². The van der Waals surface area contributed by atoms with Crippen LogP contribution < -0.4 is 15.4 Å². The molecule has 5 aromatic rings. The highest BCUT2D eigenvalue weighted by molar-refractivity contribution is 5.80. The fraction of sp³-hybridized carbons (Fsp3) is 0.133. The molecule has 1 unspecified atom stereocenters. The number of ether oxygens (including phenoxy) is 1. The first-order valence-corrected chi connectivity index (χ1v) is 12.6. The largest absolute Gasteiger partial charge is 0.573 e. The summed E-state index contributed by atoms with van der Waals surface area (Å²) in [5.74, 6) is 0.120. The van der Waals surface area contributed by atoms with Gasteiger partial charge in [0, 0.05) is 22.5 Å². The fourth-order valence-corrected chi connectivity index (χ4v) is 4.31.